The van der Waals surface area contributed by atoms with Crippen LogP contribution in [0.3, 0.4) is 0 Å². The van der Waals surface area contributed by atoms with Crippen molar-refractivity contribution in [3.05, 3.63) is 24.8 Å². The number of anilines is 1. The molecule has 0 amide bonds. The summed E-state index contributed by atoms with van der Waals surface area (Å²) in [6, 6.07) is -0.385. The van der Waals surface area contributed by atoms with Crippen molar-refractivity contribution in [1.82, 2.24) is 19.5 Å². The van der Waals surface area contributed by atoms with E-state index in [4.69, 9.17) is 5.73 Å². The van der Waals surface area contributed by atoms with Gasteiger partial charge in [-0.1, -0.05) is 12.2 Å². The fraction of sp³-hybridized carbons (Fsp3) is 0.300. The van der Waals surface area contributed by atoms with Crippen LogP contribution in [0.15, 0.2) is 24.8 Å². The molecule has 7 heteroatoms. The molecule has 1 aliphatic rings. The van der Waals surface area contributed by atoms with Gasteiger partial charge in [0.1, 0.15) is 24.1 Å². The SMILES string of the molecule is Nc1ncnc2c1ncn2[C@@H]1C=CC(O)[C@H]1O. The molecule has 3 atom stereocenters. The first-order valence-corrected chi connectivity index (χ1v) is 5.16. The number of fused-ring (bicyclic) bond motifs is 1. The van der Waals surface area contributed by atoms with E-state index in [1.807, 2.05) is 0 Å². The predicted octanol–water partition coefficient (Wildman–Crippen LogP) is -0.759. The molecule has 17 heavy (non-hydrogen) atoms. The van der Waals surface area contributed by atoms with Crippen molar-refractivity contribution < 1.29 is 10.2 Å². The molecule has 2 aromatic rings. The van der Waals surface area contributed by atoms with Crippen LogP contribution in [0.25, 0.3) is 11.2 Å². The first-order valence-electron chi connectivity index (χ1n) is 5.16. The van der Waals surface area contributed by atoms with Crippen molar-refractivity contribution in [3.63, 3.8) is 0 Å². The lowest BCUT2D eigenvalue weighted by Crippen LogP contribution is -2.27. The summed E-state index contributed by atoms with van der Waals surface area (Å²) in [6.07, 6.45) is 4.38. The first kappa shape index (κ1) is 10.2. The number of aliphatic hydroxyl groups is 2. The van der Waals surface area contributed by atoms with E-state index in [9.17, 15) is 10.2 Å². The largest absolute Gasteiger partial charge is 0.388 e. The van der Waals surface area contributed by atoms with E-state index in [-0.39, 0.29) is 6.04 Å². The van der Waals surface area contributed by atoms with Crippen LogP contribution in [0.5, 0.6) is 0 Å². The van der Waals surface area contributed by atoms with Crippen molar-refractivity contribution in [2.75, 3.05) is 5.73 Å². The normalized spacial score (nSPS) is 28.0. The summed E-state index contributed by atoms with van der Waals surface area (Å²) in [5, 5.41) is 19.3. The Labute approximate surface area is 96.2 Å². The Morgan fingerprint density at radius 1 is 1.18 bits per heavy atom. The van der Waals surface area contributed by atoms with Crippen molar-refractivity contribution in [2.45, 2.75) is 18.2 Å². The fourth-order valence-corrected chi connectivity index (χ4v) is 2.00. The molecule has 3 rings (SSSR count). The summed E-state index contributed by atoms with van der Waals surface area (Å²) in [5.41, 5.74) is 6.71. The quantitative estimate of drug-likeness (QED) is 0.558. The molecule has 0 radical (unpaired) electrons. The van der Waals surface area contributed by atoms with Crippen LogP contribution in [0.1, 0.15) is 6.04 Å². The Morgan fingerprint density at radius 2 is 2.00 bits per heavy atom. The Bertz CT molecular complexity index is 593. The van der Waals surface area contributed by atoms with Gasteiger partial charge in [0.25, 0.3) is 0 Å². The van der Waals surface area contributed by atoms with E-state index < -0.39 is 12.2 Å². The zero-order valence-electron chi connectivity index (χ0n) is 8.80. The van der Waals surface area contributed by atoms with Gasteiger partial charge in [-0.25, -0.2) is 15.0 Å². The van der Waals surface area contributed by atoms with Crippen LogP contribution in [0.2, 0.25) is 0 Å². The molecule has 0 fully saturated rings. The van der Waals surface area contributed by atoms with Crippen LogP contribution < -0.4 is 5.73 Å². The van der Waals surface area contributed by atoms with Gasteiger partial charge in [-0.05, 0) is 0 Å². The lowest BCUT2D eigenvalue weighted by Gasteiger charge is -2.18. The second-order valence-electron chi connectivity index (χ2n) is 3.94. The topological polar surface area (TPSA) is 110 Å². The zero-order valence-corrected chi connectivity index (χ0v) is 8.80. The van der Waals surface area contributed by atoms with Gasteiger partial charge in [0.15, 0.2) is 11.5 Å². The third kappa shape index (κ3) is 1.40. The Morgan fingerprint density at radius 3 is 2.71 bits per heavy atom. The number of nitrogens with two attached hydrogens (primary N) is 1. The molecule has 1 unspecified atom stereocenters. The van der Waals surface area contributed by atoms with Gasteiger partial charge in [-0.2, -0.15) is 0 Å². The summed E-state index contributed by atoms with van der Waals surface area (Å²) < 4.78 is 1.67. The lowest BCUT2D eigenvalue weighted by molar-refractivity contribution is 0.0375. The highest BCUT2D eigenvalue weighted by atomic mass is 16.3. The van der Waals surface area contributed by atoms with E-state index in [0.29, 0.717) is 17.0 Å². The van der Waals surface area contributed by atoms with Crippen molar-refractivity contribution in [3.8, 4) is 0 Å². The average molecular weight is 233 g/mol. The second kappa shape index (κ2) is 3.51. The number of hydrogen-bond donors (Lipinski definition) is 3. The smallest absolute Gasteiger partial charge is 0.166 e. The molecule has 0 bridgehead atoms. The van der Waals surface area contributed by atoms with Gasteiger partial charge in [0.2, 0.25) is 0 Å². The molecule has 0 saturated carbocycles. The number of rotatable bonds is 1. The van der Waals surface area contributed by atoms with Crippen molar-refractivity contribution >= 4 is 17.0 Å². The van der Waals surface area contributed by atoms with Gasteiger partial charge < -0.3 is 20.5 Å². The van der Waals surface area contributed by atoms with Gasteiger partial charge in [-0.15, -0.1) is 0 Å². The Kier molecular flexibility index (Phi) is 2.10. The monoisotopic (exact) mass is 233 g/mol. The summed E-state index contributed by atoms with van der Waals surface area (Å²) in [6.45, 7) is 0. The highest BCUT2D eigenvalue weighted by molar-refractivity contribution is 5.81. The minimum absolute atomic E-state index is 0.297. The first-order chi connectivity index (χ1) is 8.18. The lowest BCUT2D eigenvalue weighted by atomic mass is 10.2. The van der Waals surface area contributed by atoms with Gasteiger partial charge in [-0.3, -0.25) is 0 Å². The predicted molar refractivity (Wildman–Crippen MR) is 59.9 cm³/mol. The summed E-state index contributed by atoms with van der Waals surface area (Å²) in [7, 11) is 0. The molecule has 2 aromatic heterocycles. The van der Waals surface area contributed by atoms with Crippen LogP contribution in [-0.2, 0) is 0 Å². The highest BCUT2D eigenvalue weighted by Gasteiger charge is 2.30. The molecule has 1 aliphatic carbocycles. The van der Waals surface area contributed by atoms with E-state index in [1.54, 1.807) is 16.7 Å². The fourth-order valence-electron chi connectivity index (χ4n) is 2.00. The molecular weight excluding hydrogens is 222 g/mol. The number of aromatic nitrogens is 4. The minimum atomic E-state index is -0.899. The Balaban J connectivity index is 2.13. The molecule has 7 nitrogen and oxygen atoms in total. The van der Waals surface area contributed by atoms with Crippen LogP contribution in [-0.4, -0.2) is 41.9 Å². The van der Waals surface area contributed by atoms with Gasteiger partial charge >= 0.3 is 0 Å². The van der Waals surface area contributed by atoms with E-state index in [2.05, 4.69) is 15.0 Å². The minimum Gasteiger partial charge on any atom is -0.388 e. The number of hydrogen-bond acceptors (Lipinski definition) is 6. The maximum absolute atomic E-state index is 9.82. The molecule has 0 aliphatic heterocycles. The number of aliphatic hydroxyl groups excluding tert-OH is 2. The average Bonchev–Trinajstić information content (AvgIpc) is 2.86. The van der Waals surface area contributed by atoms with E-state index >= 15 is 0 Å². The van der Waals surface area contributed by atoms with Crippen LogP contribution in [0, 0.1) is 0 Å². The number of imidazole rings is 1. The molecule has 0 spiro atoms. The van der Waals surface area contributed by atoms with Crippen molar-refractivity contribution in [2.24, 2.45) is 0 Å². The molecular formula is C10H11N5O2. The standard InChI is InChI=1S/C10H11N5O2/c11-9-7-10(13-3-12-9)15(4-14-7)5-1-2-6(16)8(5)17/h1-6,8,16-17H,(H2,11,12,13)/t5-,6?,8+/m1/s1. The second-order valence-corrected chi connectivity index (χ2v) is 3.94. The van der Waals surface area contributed by atoms with Gasteiger partial charge in [0, 0.05) is 0 Å². The number of nitrogen functional groups attached to an aromatic ring is 1. The molecule has 4 N–H and O–H groups in total. The highest BCUT2D eigenvalue weighted by Crippen LogP contribution is 2.27. The zero-order chi connectivity index (χ0) is 12.0. The number of nitrogens with zero attached hydrogens (tertiary/aromatic N) is 4. The van der Waals surface area contributed by atoms with Crippen molar-refractivity contribution in [1.29, 1.82) is 0 Å². The van der Waals surface area contributed by atoms with Crippen LogP contribution in [0.4, 0.5) is 5.82 Å². The summed E-state index contributed by atoms with van der Waals surface area (Å²) in [5.74, 6) is 0.297. The molecule has 0 aromatic carbocycles. The summed E-state index contributed by atoms with van der Waals surface area (Å²) in [4.78, 5) is 12.0. The maximum Gasteiger partial charge on any atom is 0.166 e. The molecule has 2 heterocycles. The van der Waals surface area contributed by atoms with E-state index in [0.717, 1.165) is 0 Å². The third-order valence-electron chi connectivity index (χ3n) is 2.91. The van der Waals surface area contributed by atoms with Gasteiger partial charge in [0.05, 0.1) is 12.4 Å². The van der Waals surface area contributed by atoms with E-state index in [1.165, 1.54) is 12.7 Å². The van der Waals surface area contributed by atoms with Crippen LogP contribution >= 0.6 is 0 Å². The maximum atomic E-state index is 9.82. The third-order valence-corrected chi connectivity index (χ3v) is 2.91. The Hall–Kier alpha value is -1.99. The molecule has 88 valence electrons. The molecule has 0 saturated heterocycles. The summed E-state index contributed by atoms with van der Waals surface area (Å²) >= 11 is 0.